The Morgan fingerprint density at radius 2 is 2.16 bits per heavy atom. The second kappa shape index (κ2) is 6.91. The summed E-state index contributed by atoms with van der Waals surface area (Å²) in [6.45, 7) is 0.744. The molecule has 0 aliphatic carbocycles. The molecule has 0 amide bonds. The second-order valence-electron chi connectivity index (χ2n) is 3.86. The number of ether oxygens (including phenoxy) is 1. The van der Waals surface area contributed by atoms with Gasteiger partial charge in [-0.25, -0.2) is 9.18 Å². The van der Waals surface area contributed by atoms with Crippen molar-refractivity contribution in [1.29, 1.82) is 0 Å². The molecule has 19 heavy (non-hydrogen) atoms. The zero-order valence-corrected chi connectivity index (χ0v) is 10.6. The number of aliphatic hydroxyl groups is 1. The van der Waals surface area contributed by atoms with Gasteiger partial charge in [-0.2, -0.15) is 0 Å². The fourth-order valence-electron chi connectivity index (χ4n) is 1.75. The Morgan fingerprint density at radius 1 is 1.47 bits per heavy atom. The molecule has 0 atom stereocenters. The molecule has 1 aromatic rings. The average molecular weight is 272 g/mol. The van der Waals surface area contributed by atoms with Gasteiger partial charge >= 0.3 is 5.97 Å². The minimum Gasteiger partial charge on any atom is -0.478 e. The van der Waals surface area contributed by atoms with Gasteiger partial charge in [0.15, 0.2) is 0 Å². The lowest BCUT2D eigenvalue weighted by Crippen LogP contribution is -2.32. The standard InChI is InChI=1S/C12H17FN2O4/c1-19-7-5-15(4-6-16)9-3-2-8(13)11(14)10(9)12(17)18/h2-3,16H,4-7,14H2,1H3,(H,17,18). The smallest absolute Gasteiger partial charge is 0.340 e. The number of anilines is 2. The maximum absolute atomic E-state index is 13.3. The summed E-state index contributed by atoms with van der Waals surface area (Å²) in [6, 6.07) is 2.44. The summed E-state index contributed by atoms with van der Waals surface area (Å²) in [4.78, 5) is 12.8. The highest BCUT2D eigenvalue weighted by molar-refractivity contribution is 6.00. The molecule has 106 valence electrons. The van der Waals surface area contributed by atoms with Gasteiger partial charge in [0.2, 0.25) is 0 Å². The number of nitrogens with zero attached hydrogens (tertiary/aromatic N) is 1. The van der Waals surface area contributed by atoms with Crippen molar-refractivity contribution in [2.45, 2.75) is 0 Å². The molecule has 6 nitrogen and oxygen atoms in total. The Hall–Kier alpha value is -1.86. The summed E-state index contributed by atoms with van der Waals surface area (Å²) >= 11 is 0. The SMILES string of the molecule is COCCN(CCO)c1ccc(F)c(N)c1C(=O)O. The van der Waals surface area contributed by atoms with Crippen LogP contribution in [-0.4, -0.2) is 49.6 Å². The van der Waals surface area contributed by atoms with E-state index in [0.717, 1.165) is 6.07 Å². The molecule has 0 heterocycles. The highest BCUT2D eigenvalue weighted by Gasteiger charge is 2.21. The first-order chi connectivity index (χ1) is 9.02. The van der Waals surface area contributed by atoms with E-state index in [1.165, 1.54) is 13.2 Å². The van der Waals surface area contributed by atoms with Crippen molar-refractivity contribution in [2.24, 2.45) is 0 Å². The highest BCUT2D eigenvalue weighted by atomic mass is 19.1. The number of carboxylic acids is 1. The van der Waals surface area contributed by atoms with E-state index in [2.05, 4.69) is 0 Å². The van der Waals surface area contributed by atoms with Gasteiger partial charge in [-0.3, -0.25) is 0 Å². The number of hydrogen-bond donors (Lipinski definition) is 3. The molecule has 0 aromatic heterocycles. The van der Waals surface area contributed by atoms with E-state index in [1.54, 1.807) is 4.90 Å². The minimum atomic E-state index is -1.31. The molecule has 0 bridgehead atoms. The number of carboxylic acid groups (broad SMARTS) is 1. The van der Waals surface area contributed by atoms with Crippen LogP contribution >= 0.6 is 0 Å². The van der Waals surface area contributed by atoms with Crippen molar-refractivity contribution in [2.75, 3.05) is 44.0 Å². The van der Waals surface area contributed by atoms with Gasteiger partial charge in [-0.1, -0.05) is 0 Å². The van der Waals surface area contributed by atoms with Crippen LogP contribution in [0.3, 0.4) is 0 Å². The maximum Gasteiger partial charge on any atom is 0.340 e. The summed E-state index contributed by atoms with van der Waals surface area (Å²) in [5.74, 6) is -2.09. The first-order valence-electron chi connectivity index (χ1n) is 5.69. The Balaban J connectivity index is 3.21. The minimum absolute atomic E-state index is 0.167. The zero-order chi connectivity index (χ0) is 14.4. The Labute approximate surface area is 110 Å². The molecule has 0 fully saturated rings. The zero-order valence-electron chi connectivity index (χ0n) is 10.6. The van der Waals surface area contributed by atoms with Crippen molar-refractivity contribution in [3.63, 3.8) is 0 Å². The normalized spacial score (nSPS) is 10.5. The van der Waals surface area contributed by atoms with Gasteiger partial charge in [-0.15, -0.1) is 0 Å². The van der Waals surface area contributed by atoms with Crippen LogP contribution in [0.2, 0.25) is 0 Å². The Morgan fingerprint density at radius 3 is 2.68 bits per heavy atom. The fraction of sp³-hybridized carbons (Fsp3) is 0.417. The molecular weight excluding hydrogens is 255 g/mol. The van der Waals surface area contributed by atoms with E-state index >= 15 is 0 Å². The van der Waals surface area contributed by atoms with Gasteiger partial charge < -0.3 is 25.6 Å². The first kappa shape index (κ1) is 15.2. The molecule has 0 saturated heterocycles. The molecule has 0 aliphatic rings. The van der Waals surface area contributed by atoms with Crippen molar-refractivity contribution in [3.8, 4) is 0 Å². The van der Waals surface area contributed by atoms with Crippen molar-refractivity contribution >= 4 is 17.3 Å². The number of aromatic carboxylic acids is 1. The number of halogens is 1. The molecule has 1 rings (SSSR count). The van der Waals surface area contributed by atoms with Crippen LogP contribution in [0, 0.1) is 5.82 Å². The third-order valence-electron chi connectivity index (χ3n) is 2.66. The first-order valence-corrected chi connectivity index (χ1v) is 5.69. The lowest BCUT2D eigenvalue weighted by molar-refractivity contribution is 0.0698. The van der Waals surface area contributed by atoms with Gasteiger partial charge in [0.05, 0.1) is 24.6 Å². The quantitative estimate of drug-likeness (QED) is 0.627. The van der Waals surface area contributed by atoms with Gasteiger partial charge in [0.25, 0.3) is 0 Å². The molecule has 0 spiro atoms. The summed E-state index contributed by atoms with van der Waals surface area (Å²) < 4.78 is 18.3. The number of nitrogen functional groups attached to an aromatic ring is 1. The average Bonchev–Trinajstić information content (AvgIpc) is 2.37. The van der Waals surface area contributed by atoms with Gasteiger partial charge in [0, 0.05) is 20.2 Å². The predicted molar refractivity (Wildman–Crippen MR) is 68.9 cm³/mol. The lowest BCUT2D eigenvalue weighted by atomic mass is 10.1. The molecule has 0 unspecified atom stereocenters. The number of benzene rings is 1. The van der Waals surface area contributed by atoms with E-state index in [0.29, 0.717) is 13.2 Å². The molecule has 4 N–H and O–H groups in total. The topological polar surface area (TPSA) is 96.0 Å². The van der Waals surface area contributed by atoms with E-state index in [-0.39, 0.29) is 24.4 Å². The van der Waals surface area contributed by atoms with Crippen LogP contribution < -0.4 is 10.6 Å². The number of nitrogens with two attached hydrogens (primary N) is 1. The number of aliphatic hydroxyl groups excluding tert-OH is 1. The summed E-state index contributed by atoms with van der Waals surface area (Å²) in [7, 11) is 1.51. The van der Waals surface area contributed by atoms with E-state index in [1.807, 2.05) is 0 Å². The van der Waals surface area contributed by atoms with Crippen LogP contribution in [-0.2, 0) is 4.74 Å². The van der Waals surface area contributed by atoms with E-state index in [4.69, 9.17) is 20.7 Å². The second-order valence-corrected chi connectivity index (χ2v) is 3.86. The molecular formula is C12H17FN2O4. The fourth-order valence-corrected chi connectivity index (χ4v) is 1.75. The number of rotatable bonds is 7. The monoisotopic (exact) mass is 272 g/mol. The summed E-state index contributed by atoms with van der Waals surface area (Å²) in [5, 5.41) is 18.2. The van der Waals surface area contributed by atoms with E-state index in [9.17, 15) is 9.18 Å². The van der Waals surface area contributed by atoms with E-state index < -0.39 is 17.5 Å². The third-order valence-corrected chi connectivity index (χ3v) is 2.66. The number of carbonyl (C=O) groups is 1. The van der Waals surface area contributed by atoms with Crippen molar-refractivity contribution in [3.05, 3.63) is 23.5 Å². The van der Waals surface area contributed by atoms with Crippen LogP contribution in [0.25, 0.3) is 0 Å². The van der Waals surface area contributed by atoms with Crippen LogP contribution in [0.5, 0.6) is 0 Å². The van der Waals surface area contributed by atoms with Gasteiger partial charge in [0.1, 0.15) is 11.4 Å². The molecule has 1 aromatic carbocycles. The summed E-state index contributed by atoms with van der Waals surface area (Å²) in [6.07, 6.45) is 0. The Kier molecular flexibility index (Phi) is 5.53. The summed E-state index contributed by atoms with van der Waals surface area (Å²) in [5.41, 5.74) is 5.02. The molecule has 0 radical (unpaired) electrons. The van der Waals surface area contributed by atoms with Gasteiger partial charge in [-0.05, 0) is 12.1 Å². The van der Waals surface area contributed by atoms with Crippen LogP contribution in [0.4, 0.5) is 15.8 Å². The van der Waals surface area contributed by atoms with Crippen molar-refractivity contribution in [1.82, 2.24) is 0 Å². The van der Waals surface area contributed by atoms with Crippen LogP contribution in [0.15, 0.2) is 12.1 Å². The molecule has 0 saturated carbocycles. The number of methoxy groups -OCH3 is 1. The number of hydrogen-bond acceptors (Lipinski definition) is 5. The third kappa shape index (κ3) is 3.55. The van der Waals surface area contributed by atoms with Crippen LogP contribution in [0.1, 0.15) is 10.4 Å². The largest absolute Gasteiger partial charge is 0.478 e. The predicted octanol–water partition coefficient (Wildman–Crippen LogP) is 0.551. The molecule has 0 aliphatic heterocycles. The highest BCUT2D eigenvalue weighted by Crippen LogP contribution is 2.28. The van der Waals surface area contributed by atoms with Crippen molar-refractivity contribution < 1.29 is 24.1 Å². The lowest BCUT2D eigenvalue weighted by Gasteiger charge is -2.25. The maximum atomic E-state index is 13.3. The molecule has 7 heteroatoms. The Bertz CT molecular complexity index is 454.